The SMILES string of the molecule is O=C(C1CC(c2ccc(F)cc2)NN1)N1CCN(c2cc(N3CCOCC3)ncn2)CC1. The van der Waals surface area contributed by atoms with Crippen molar-refractivity contribution in [2.24, 2.45) is 0 Å². The van der Waals surface area contributed by atoms with Gasteiger partial charge in [0, 0.05) is 51.4 Å². The van der Waals surface area contributed by atoms with E-state index in [-0.39, 0.29) is 23.8 Å². The number of morpholine rings is 1. The first-order valence-corrected chi connectivity index (χ1v) is 11.1. The van der Waals surface area contributed by atoms with Gasteiger partial charge in [-0.1, -0.05) is 12.1 Å². The number of carbonyl (C=O) groups is 1. The van der Waals surface area contributed by atoms with Crippen LogP contribution >= 0.6 is 0 Å². The first-order chi connectivity index (χ1) is 15.7. The molecule has 2 unspecified atom stereocenters. The normalized spacial score (nSPS) is 24.1. The zero-order valence-corrected chi connectivity index (χ0v) is 17.9. The zero-order chi connectivity index (χ0) is 21.9. The summed E-state index contributed by atoms with van der Waals surface area (Å²) in [6, 6.07) is 8.14. The fourth-order valence-corrected chi connectivity index (χ4v) is 4.48. The lowest BCUT2D eigenvalue weighted by Crippen LogP contribution is -2.53. The standard InChI is InChI=1S/C22H28FN7O2/c23-17-3-1-16(2-4-17)18-13-19(27-26-18)22(31)30-7-5-28(6-8-30)20-14-21(25-15-24-20)29-9-11-32-12-10-29/h1-4,14-15,18-19,26-27H,5-13H2. The quantitative estimate of drug-likeness (QED) is 0.718. The summed E-state index contributed by atoms with van der Waals surface area (Å²) in [6.07, 6.45) is 2.25. The van der Waals surface area contributed by atoms with E-state index >= 15 is 0 Å². The number of amides is 1. The lowest BCUT2D eigenvalue weighted by atomic mass is 10.0. The first-order valence-electron chi connectivity index (χ1n) is 11.1. The summed E-state index contributed by atoms with van der Waals surface area (Å²) in [6.45, 7) is 5.85. The van der Waals surface area contributed by atoms with Gasteiger partial charge in [0.05, 0.1) is 13.2 Å². The molecule has 10 heteroatoms. The molecule has 170 valence electrons. The fraction of sp³-hybridized carbons (Fsp3) is 0.500. The molecular weight excluding hydrogens is 413 g/mol. The highest BCUT2D eigenvalue weighted by Gasteiger charge is 2.34. The van der Waals surface area contributed by atoms with E-state index in [0.717, 1.165) is 43.4 Å². The highest BCUT2D eigenvalue weighted by atomic mass is 19.1. The van der Waals surface area contributed by atoms with Gasteiger partial charge < -0.3 is 19.4 Å². The Labute approximate surface area is 186 Å². The number of hydrazine groups is 1. The zero-order valence-electron chi connectivity index (χ0n) is 17.9. The number of piperazine rings is 1. The monoisotopic (exact) mass is 441 g/mol. The minimum Gasteiger partial charge on any atom is -0.378 e. The summed E-state index contributed by atoms with van der Waals surface area (Å²) in [5, 5.41) is 0. The number of carbonyl (C=O) groups excluding carboxylic acids is 1. The van der Waals surface area contributed by atoms with Crippen molar-refractivity contribution in [3.05, 3.63) is 48.0 Å². The molecule has 1 amide bonds. The van der Waals surface area contributed by atoms with E-state index in [1.807, 2.05) is 11.0 Å². The van der Waals surface area contributed by atoms with Crippen molar-refractivity contribution in [3.8, 4) is 0 Å². The Balaban J connectivity index is 1.15. The van der Waals surface area contributed by atoms with Crippen LogP contribution in [0.15, 0.2) is 36.7 Å². The van der Waals surface area contributed by atoms with E-state index in [2.05, 4.69) is 30.6 Å². The molecule has 0 aliphatic carbocycles. The lowest BCUT2D eigenvalue weighted by molar-refractivity contribution is -0.133. The summed E-state index contributed by atoms with van der Waals surface area (Å²) >= 11 is 0. The van der Waals surface area contributed by atoms with Gasteiger partial charge in [0.1, 0.15) is 29.8 Å². The van der Waals surface area contributed by atoms with E-state index in [1.165, 1.54) is 12.1 Å². The molecule has 3 aliphatic heterocycles. The Morgan fingerprint density at radius 2 is 1.59 bits per heavy atom. The highest BCUT2D eigenvalue weighted by molar-refractivity contribution is 5.82. The van der Waals surface area contributed by atoms with E-state index < -0.39 is 0 Å². The predicted octanol–water partition coefficient (Wildman–Crippen LogP) is 0.709. The number of halogens is 1. The molecule has 2 N–H and O–H groups in total. The van der Waals surface area contributed by atoms with Crippen molar-refractivity contribution < 1.29 is 13.9 Å². The number of anilines is 2. The number of hydrogen-bond acceptors (Lipinski definition) is 8. The summed E-state index contributed by atoms with van der Waals surface area (Å²) in [7, 11) is 0. The van der Waals surface area contributed by atoms with E-state index in [0.29, 0.717) is 32.7 Å². The Morgan fingerprint density at radius 3 is 2.28 bits per heavy atom. The third kappa shape index (κ3) is 4.52. The van der Waals surface area contributed by atoms with Crippen LogP contribution in [0.2, 0.25) is 0 Å². The van der Waals surface area contributed by atoms with Crippen molar-refractivity contribution in [1.29, 1.82) is 0 Å². The maximum Gasteiger partial charge on any atom is 0.241 e. The minimum absolute atomic E-state index is 0.00883. The van der Waals surface area contributed by atoms with Crippen molar-refractivity contribution in [2.75, 3.05) is 62.3 Å². The van der Waals surface area contributed by atoms with Crippen LogP contribution in [0.3, 0.4) is 0 Å². The Morgan fingerprint density at radius 1 is 0.938 bits per heavy atom. The number of ether oxygens (including phenoxy) is 1. The van der Waals surface area contributed by atoms with E-state index in [4.69, 9.17) is 4.74 Å². The molecule has 0 radical (unpaired) electrons. The summed E-state index contributed by atoms with van der Waals surface area (Å²) < 4.78 is 18.6. The van der Waals surface area contributed by atoms with Gasteiger partial charge in [-0.3, -0.25) is 4.79 Å². The molecule has 4 heterocycles. The number of nitrogens with one attached hydrogen (secondary N) is 2. The second-order valence-electron chi connectivity index (χ2n) is 8.33. The minimum atomic E-state index is -0.288. The fourth-order valence-electron chi connectivity index (χ4n) is 4.48. The molecule has 3 fully saturated rings. The summed E-state index contributed by atoms with van der Waals surface area (Å²) in [5.41, 5.74) is 7.26. The molecule has 2 aromatic rings. The third-order valence-electron chi connectivity index (χ3n) is 6.36. The van der Waals surface area contributed by atoms with Crippen LogP contribution < -0.4 is 20.7 Å². The maximum absolute atomic E-state index is 13.2. The summed E-state index contributed by atoms with van der Waals surface area (Å²) in [5.74, 6) is 1.65. The van der Waals surface area contributed by atoms with Crippen molar-refractivity contribution >= 4 is 17.5 Å². The number of nitrogens with zero attached hydrogens (tertiary/aromatic N) is 5. The molecule has 2 atom stereocenters. The average Bonchev–Trinajstić information content (AvgIpc) is 3.35. The third-order valence-corrected chi connectivity index (χ3v) is 6.36. The number of rotatable bonds is 4. The average molecular weight is 442 g/mol. The van der Waals surface area contributed by atoms with Gasteiger partial charge in [0.15, 0.2) is 0 Å². The number of hydrogen-bond donors (Lipinski definition) is 2. The molecule has 5 rings (SSSR count). The van der Waals surface area contributed by atoms with Crippen LogP contribution in [0.25, 0.3) is 0 Å². The number of benzene rings is 1. The van der Waals surface area contributed by atoms with Gasteiger partial charge in [0.2, 0.25) is 5.91 Å². The molecule has 1 aromatic carbocycles. The summed E-state index contributed by atoms with van der Waals surface area (Å²) in [4.78, 5) is 28.2. The first kappa shape index (κ1) is 21.0. The topological polar surface area (TPSA) is 85.9 Å². The van der Waals surface area contributed by atoms with Gasteiger partial charge in [-0.25, -0.2) is 25.2 Å². The van der Waals surface area contributed by atoms with Crippen LogP contribution in [0.1, 0.15) is 18.0 Å². The molecule has 0 bridgehead atoms. The van der Waals surface area contributed by atoms with Gasteiger partial charge in [-0.05, 0) is 24.1 Å². The molecule has 1 aromatic heterocycles. The van der Waals surface area contributed by atoms with Gasteiger partial charge >= 0.3 is 0 Å². The molecular formula is C22H28FN7O2. The van der Waals surface area contributed by atoms with Gasteiger partial charge in [-0.15, -0.1) is 0 Å². The maximum atomic E-state index is 13.2. The highest BCUT2D eigenvalue weighted by Crippen LogP contribution is 2.24. The van der Waals surface area contributed by atoms with Crippen LogP contribution in [0.5, 0.6) is 0 Å². The second kappa shape index (κ2) is 9.35. The Hall–Kier alpha value is -2.82. The van der Waals surface area contributed by atoms with Gasteiger partial charge in [0.25, 0.3) is 0 Å². The van der Waals surface area contributed by atoms with Crippen LogP contribution in [-0.4, -0.2) is 79.3 Å². The molecule has 0 saturated carbocycles. The van der Waals surface area contributed by atoms with Crippen LogP contribution in [-0.2, 0) is 9.53 Å². The van der Waals surface area contributed by atoms with Crippen LogP contribution in [0, 0.1) is 5.82 Å². The molecule has 9 nitrogen and oxygen atoms in total. The Kier molecular flexibility index (Phi) is 6.15. The molecule has 0 spiro atoms. The van der Waals surface area contributed by atoms with Gasteiger partial charge in [-0.2, -0.15) is 0 Å². The Bertz CT molecular complexity index is 930. The largest absolute Gasteiger partial charge is 0.378 e. The molecule has 32 heavy (non-hydrogen) atoms. The van der Waals surface area contributed by atoms with E-state index in [1.54, 1.807) is 18.5 Å². The number of aromatic nitrogens is 2. The smallest absolute Gasteiger partial charge is 0.241 e. The molecule has 3 saturated heterocycles. The molecule has 3 aliphatic rings. The predicted molar refractivity (Wildman–Crippen MR) is 118 cm³/mol. The van der Waals surface area contributed by atoms with Crippen LogP contribution in [0.4, 0.5) is 16.0 Å². The lowest BCUT2D eigenvalue weighted by Gasteiger charge is -2.36. The van der Waals surface area contributed by atoms with Crippen molar-refractivity contribution in [1.82, 2.24) is 25.7 Å². The van der Waals surface area contributed by atoms with Crippen molar-refractivity contribution in [3.63, 3.8) is 0 Å². The second-order valence-corrected chi connectivity index (χ2v) is 8.33. The van der Waals surface area contributed by atoms with E-state index in [9.17, 15) is 9.18 Å². The van der Waals surface area contributed by atoms with Crippen molar-refractivity contribution in [2.45, 2.75) is 18.5 Å².